The van der Waals surface area contributed by atoms with E-state index in [-0.39, 0.29) is 11.8 Å². The maximum Gasteiger partial charge on any atom is 0.257 e. The van der Waals surface area contributed by atoms with Crippen LogP contribution in [0.4, 0.5) is 11.4 Å². The zero-order valence-electron chi connectivity index (χ0n) is 15.3. The standard InChI is InChI=1S/C21H21N3O2/c1-12-5-7-16-10-18(14(3)22-20(16)9-12)21(26)24-19-11-17(23-15(4)25)8-6-13(19)2/h5-11H,1-4H3,(H,23,25)(H,24,26). The highest BCUT2D eigenvalue weighted by atomic mass is 16.2. The Morgan fingerprint density at radius 3 is 2.42 bits per heavy atom. The Bertz CT molecular complexity index is 1030. The van der Waals surface area contributed by atoms with Crippen molar-refractivity contribution in [3.05, 3.63) is 64.8 Å². The van der Waals surface area contributed by atoms with Crippen LogP contribution in [0.25, 0.3) is 10.9 Å². The number of aryl methyl sites for hydroxylation is 3. The zero-order chi connectivity index (χ0) is 18.8. The van der Waals surface area contributed by atoms with E-state index in [1.807, 2.05) is 51.1 Å². The molecule has 0 saturated heterocycles. The number of anilines is 2. The van der Waals surface area contributed by atoms with E-state index in [0.29, 0.717) is 22.6 Å². The van der Waals surface area contributed by atoms with Crippen LogP contribution in [-0.2, 0) is 4.79 Å². The van der Waals surface area contributed by atoms with Crippen molar-refractivity contribution < 1.29 is 9.59 Å². The van der Waals surface area contributed by atoms with Crippen LogP contribution in [-0.4, -0.2) is 16.8 Å². The third-order valence-electron chi connectivity index (χ3n) is 4.21. The number of amides is 2. The monoisotopic (exact) mass is 347 g/mol. The van der Waals surface area contributed by atoms with E-state index >= 15 is 0 Å². The summed E-state index contributed by atoms with van der Waals surface area (Å²) in [6.45, 7) is 7.20. The number of carbonyl (C=O) groups excluding carboxylic acids is 2. The molecule has 0 saturated carbocycles. The molecule has 0 atom stereocenters. The summed E-state index contributed by atoms with van der Waals surface area (Å²) in [7, 11) is 0. The Morgan fingerprint density at radius 2 is 1.69 bits per heavy atom. The lowest BCUT2D eigenvalue weighted by Crippen LogP contribution is -2.15. The highest BCUT2D eigenvalue weighted by Gasteiger charge is 2.13. The third kappa shape index (κ3) is 3.72. The number of nitrogens with zero attached hydrogens (tertiary/aromatic N) is 1. The van der Waals surface area contributed by atoms with Crippen molar-refractivity contribution in [3.63, 3.8) is 0 Å². The predicted octanol–water partition coefficient (Wildman–Crippen LogP) is 4.37. The number of aromatic nitrogens is 1. The second kappa shape index (κ2) is 6.96. The van der Waals surface area contributed by atoms with Crippen molar-refractivity contribution in [2.75, 3.05) is 10.6 Å². The van der Waals surface area contributed by atoms with Crippen LogP contribution >= 0.6 is 0 Å². The van der Waals surface area contributed by atoms with Crippen LogP contribution in [0.5, 0.6) is 0 Å². The van der Waals surface area contributed by atoms with Crippen LogP contribution in [0.15, 0.2) is 42.5 Å². The number of hydrogen-bond acceptors (Lipinski definition) is 3. The molecule has 132 valence electrons. The summed E-state index contributed by atoms with van der Waals surface area (Å²) in [4.78, 5) is 28.6. The first-order valence-electron chi connectivity index (χ1n) is 8.41. The van der Waals surface area contributed by atoms with Crippen LogP contribution in [0.3, 0.4) is 0 Å². The van der Waals surface area contributed by atoms with Crippen LogP contribution < -0.4 is 10.6 Å². The minimum atomic E-state index is -0.222. The molecule has 3 aromatic rings. The summed E-state index contributed by atoms with van der Waals surface area (Å²) in [6, 6.07) is 13.2. The summed E-state index contributed by atoms with van der Waals surface area (Å²) in [6.07, 6.45) is 0. The molecule has 0 aliphatic carbocycles. The van der Waals surface area contributed by atoms with Crippen molar-refractivity contribution in [1.82, 2.24) is 4.98 Å². The minimum absolute atomic E-state index is 0.156. The molecule has 0 bridgehead atoms. The molecular weight excluding hydrogens is 326 g/mol. The maximum atomic E-state index is 12.8. The Balaban J connectivity index is 1.93. The normalized spacial score (nSPS) is 10.6. The van der Waals surface area contributed by atoms with E-state index < -0.39 is 0 Å². The van der Waals surface area contributed by atoms with Gasteiger partial charge in [0.05, 0.1) is 16.8 Å². The van der Waals surface area contributed by atoms with Gasteiger partial charge < -0.3 is 10.6 Å². The molecule has 1 heterocycles. The Labute approximate surface area is 152 Å². The molecule has 26 heavy (non-hydrogen) atoms. The first-order valence-corrected chi connectivity index (χ1v) is 8.41. The molecule has 5 nitrogen and oxygen atoms in total. The Kier molecular flexibility index (Phi) is 4.71. The van der Waals surface area contributed by atoms with E-state index in [1.54, 1.807) is 12.1 Å². The minimum Gasteiger partial charge on any atom is -0.326 e. The lowest BCUT2D eigenvalue weighted by Gasteiger charge is -2.12. The van der Waals surface area contributed by atoms with Crippen molar-refractivity contribution in [2.45, 2.75) is 27.7 Å². The summed E-state index contributed by atoms with van der Waals surface area (Å²) in [5.74, 6) is -0.378. The molecule has 0 aliphatic rings. The molecular formula is C21H21N3O2. The van der Waals surface area contributed by atoms with E-state index in [0.717, 1.165) is 22.0 Å². The fourth-order valence-corrected chi connectivity index (χ4v) is 2.83. The number of rotatable bonds is 3. The number of hydrogen-bond donors (Lipinski definition) is 2. The SMILES string of the molecule is CC(=O)Nc1ccc(C)c(NC(=O)c2cc3ccc(C)cc3nc2C)c1. The Hall–Kier alpha value is -3.21. The fourth-order valence-electron chi connectivity index (χ4n) is 2.83. The molecule has 0 unspecified atom stereocenters. The molecule has 2 amide bonds. The number of nitrogens with one attached hydrogen (secondary N) is 2. The topological polar surface area (TPSA) is 71.1 Å². The van der Waals surface area contributed by atoms with Gasteiger partial charge >= 0.3 is 0 Å². The van der Waals surface area contributed by atoms with E-state index in [1.165, 1.54) is 6.92 Å². The highest BCUT2D eigenvalue weighted by Crippen LogP contribution is 2.23. The van der Waals surface area contributed by atoms with Gasteiger partial charge in [-0.1, -0.05) is 18.2 Å². The molecule has 0 radical (unpaired) electrons. The van der Waals surface area contributed by atoms with Gasteiger partial charge in [0.15, 0.2) is 0 Å². The maximum absolute atomic E-state index is 12.8. The predicted molar refractivity (Wildman–Crippen MR) is 105 cm³/mol. The molecule has 0 spiro atoms. The molecule has 0 fully saturated rings. The molecule has 2 aromatic carbocycles. The van der Waals surface area contributed by atoms with Crippen LogP contribution in [0.2, 0.25) is 0 Å². The van der Waals surface area contributed by atoms with Gasteiger partial charge in [-0.2, -0.15) is 0 Å². The smallest absolute Gasteiger partial charge is 0.257 e. The van der Waals surface area contributed by atoms with Gasteiger partial charge in [0.2, 0.25) is 5.91 Å². The van der Waals surface area contributed by atoms with Gasteiger partial charge in [0, 0.05) is 23.7 Å². The average molecular weight is 347 g/mol. The summed E-state index contributed by atoms with van der Waals surface area (Å²) < 4.78 is 0. The fraction of sp³-hybridized carbons (Fsp3) is 0.190. The van der Waals surface area contributed by atoms with Gasteiger partial charge in [-0.05, 0) is 56.2 Å². The van der Waals surface area contributed by atoms with Gasteiger partial charge in [0.25, 0.3) is 5.91 Å². The number of fused-ring (bicyclic) bond motifs is 1. The first kappa shape index (κ1) is 17.6. The zero-order valence-corrected chi connectivity index (χ0v) is 15.3. The second-order valence-electron chi connectivity index (χ2n) is 6.48. The number of carbonyl (C=O) groups is 2. The first-order chi connectivity index (χ1) is 12.3. The van der Waals surface area contributed by atoms with Gasteiger partial charge in [-0.3, -0.25) is 14.6 Å². The molecule has 3 rings (SSSR count). The number of benzene rings is 2. The third-order valence-corrected chi connectivity index (χ3v) is 4.21. The van der Waals surface area contributed by atoms with Crippen molar-refractivity contribution >= 4 is 34.1 Å². The summed E-state index contributed by atoms with van der Waals surface area (Å²) in [5.41, 5.74) is 5.43. The van der Waals surface area contributed by atoms with E-state index in [4.69, 9.17) is 0 Å². The van der Waals surface area contributed by atoms with Gasteiger partial charge in [0.1, 0.15) is 0 Å². The van der Waals surface area contributed by atoms with Gasteiger partial charge in [-0.25, -0.2) is 0 Å². The largest absolute Gasteiger partial charge is 0.326 e. The molecule has 5 heteroatoms. The van der Waals surface area contributed by atoms with Crippen molar-refractivity contribution in [2.24, 2.45) is 0 Å². The van der Waals surface area contributed by atoms with Crippen LogP contribution in [0.1, 0.15) is 34.1 Å². The molecule has 0 aliphatic heterocycles. The Morgan fingerprint density at radius 1 is 0.923 bits per heavy atom. The summed E-state index contributed by atoms with van der Waals surface area (Å²) >= 11 is 0. The summed E-state index contributed by atoms with van der Waals surface area (Å²) in [5, 5.41) is 6.58. The lowest BCUT2D eigenvalue weighted by atomic mass is 10.1. The van der Waals surface area contributed by atoms with Crippen molar-refractivity contribution in [3.8, 4) is 0 Å². The van der Waals surface area contributed by atoms with Gasteiger partial charge in [-0.15, -0.1) is 0 Å². The quantitative estimate of drug-likeness (QED) is 0.739. The average Bonchev–Trinajstić information content (AvgIpc) is 2.56. The highest BCUT2D eigenvalue weighted by molar-refractivity contribution is 6.07. The van der Waals surface area contributed by atoms with Crippen molar-refractivity contribution in [1.29, 1.82) is 0 Å². The van der Waals surface area contributed by atoms with E-state index in [2.05, 4.69) is 15.6 Å². The lowest BCUT2D eigenvalue weighted by molar-refractivity contribution is -0.114. The number of pyridine rings is 1. The van der Waals surface area contributed by atoms with Crippen LogP contribution in [0, 0.1) is 20.8 Å². The second-order valence-corrected chi connectivity index (χ2v) is 6.48. The molecule has 1 aromatic heterocycles. The van der Waals surface area contributed by atoms with E-state index in [9.17, 15) is 9.59 Å². The molecule has 2 N–H and O–H groups in total.